The number of carboxylic acids is 1. The number of hydrogen-bond donors (Lipinski definition) is 4. The zero-order chi connectivity index (χ0) is 37.7. The number of carbonyl (C=O) groups is 1. The molecule has 3 atom stereocenters. The highest BCUT2D eigenvalue weighted by Crippen LogP contribution is 2.34. The molecule has 0 spiro atoms. The standard InChI is InChI=1S/C18H28N2OS.C17H22O3S.C2H6S.C2H6.CH4S/c1-22-17-10-9-16(13-17)21-12-3-2-6-15-8-7-14-5-4-11-19-18(14)20-15;1-4-8-14(17(18)19)13-10-7-9-12(11-20-6-3)16(13)15(21)5-2;1-3-2;2*1-2/h7-8,16-17H,2-6,9-13H2,1H3,(H,19,20);4,7-10,15,21H,1,5-6,11H2,2-3H3,(H,18,19);1-2H3;1-2H3;2H,1H3/b;14-8+;;;. The number of anilines is 1. The molecule has 4 rings (SSSR count). The number of benzene rings is 1. The van der Waals surface area contributed by atoms with Crippen molar-refractivity contribution >= 4 is 66.1 Å². The zero-order valence-corrected chi connectivity index (χ0v) is 35.4. The number of aliphatic carboxylic acids is 1. The van der Waals surface area contributed by atoms with E-state index in [4.69, 9.17) is 14.5 Å². The molecule has 0 amide bonds. The second-order valence-corrected chi connectivity index (χ2v) is 14.0. The lowest BCUT2D eigenvalue weighted by Gasteiger charge is -2.19. The molecule has 1 saturated carbocycles. The Labute approximate surface area is 324 Å². The smallest absolute Gasteiger partial charge is 0.336 e. The Hall–Kier alpha value is -1.56. The van der Waals surface area contributed by atoms with E-state index in [0.29, 0.717) is 24.9 Å². The average Bonchev–Trinajstić information content (AvgIpc) is 3.62. The van der Waals surface area contributed by atoms with Crippen molar-refractivity contribution in [2.45, 2.75) is 109 Å². The van der Waals surface area contributed by atoms with Crippen LogP contribution in [0.25, 0.3) is 5.57 Å². The molecule has 1 fully saturated rings. The van der Waals surface area contributed by atoms with Gasteiger partial charge in [-0.05, 0) is 124 Å². The molecule has 1 aliphatic heterocycles. The average molecular weight is 767 g/mol. The molecular formula is C40H66N2O4S4. The van der Waals surface area contributed by atoms with Crippen LogP contribution in [-0.2, 0) is 33.7 Å². The van der Waals surface area contributed by atoms with Gasteiger partial charge in [-0.25, -0.2) is 9.78 Å². The van der Waals surface area contributed by atoms with Crippen LogP contribution in [-0.4, -0.2) is 72.2 Å². The monoisotopic (exact) mass is 766 g/mol. The van der Waals surface area contributed by atoms with E-state index in [2.05, 4.69) is 55.5 Å². The first-order valence-electron chi connectivity index (χ1n) is 18.0. The Balaban J connectivity index is 0.000000816. The largest absolute Gasteiger partial charge is 0.478 e. The van der Waals surface area contributed by atoms with Crippen LogP contribution in [0.1, 0.15) is 106 Å². The molecule has 10 heteroatoms. The van der Waals surface area contributed by atoms with Crippen LogP contribution < -0.4 is 5.32 Å². The molecule has 6 nitrogen and oxygen atoms in total. The number of allylic oxidation sites excluding steroid dienone is 2. The molecule has 1 aliphatic carbocycles. The fourth-order valence-corrected chi connectivity index (χ4v) is 6.69. The van der Waals surface area contributed by atoms with E-state index in [1.807, 2.05) is 70.2 Å². The third-order valence-corrected chi connectivity index (χ3v) is 9.70. The van der Waals surface area contributed by atoms with Gasteiger partial charge in [0.15, 0.2) is 0 Å². The van der Waals surface area contributed by atoms with Gasteiger partial charge in [0.05, 0.1) is 18.3 Å². The quantitative estimate of drug-likeness (QED) is 0.0618. The highest BCUT2D eigenvalue weighted by atomic mass is 32.2. The van der Waals surface area contributed by atoms with Crippen molar-refractivity contribution in [3.8, 4) is 0 Å². The van der Waals surface area contributed by atoms with Gasteiger partial charge in [0.25, 0.3) is 0 Å². The predicted molar refractivity (Wildman–Crippen MR) is 230 cm³/mol. The summed E-state index contributed by atoms with van der Waals surface area (Å²) in [6.45, 7) is 14.6. The van der Waals surface area contributed by atoms with Crippen LogP contribution in [0, 0.1) is 0 Å². The third-order valence-electron chi connectivity index (χ3n) is 7.99. The molecule has 1 aromatic heterocycles. The maximum atomic E-state index is 11.5. The van der Waals surface area contributed by atoms with E-state index >= 15 is 0 Å². The lowest BCUT2D eigenvalue weighted by Crippen LogP contribution is -2.14. The molecular weight excluding hydrogens is 701 g/mol. The van der Waals surface area contributed by atoms with Crippen LogP contribution in [0.3, 0.4) is 0 Å². The normalized spacial score (nSPS) is 16.6. The van der Waals surface area contributed by atoms with Crippen molar-refractivity contribution in [2.75, 3.05) is 50.1 Å². The first kappa shape index (κ1) is 48.4. The summed E-state index contributed by atoms with van der Waals surface area (Å²) in [6, 6.07) is 10.1. The Bertz CT molecular complexity index is 1230. The molecule has 284 valence electrons. The summed E-state index contributed by atoms with van der Waals surface area (Å²) in [5.74, 6) is 0.149. The number of rotatable bonds is 15. The number of nitrogens with one attached hydrogen (secondary N) is 1. The van der Waals surface area contributed by atoms with Crippen LogP contribution >= 0.6 is 48.8 Å². The molecule has 2 aliphatic rings. The molecule has 2 heterocycles. The van der Waals surface area contributed by atoms with E-state index < -0.39 is 5.97 Å². The van der Waals surface area contributed by atoms with Crippen LogP contribution in [0.5, 0.6) is 0 Å². The number of aryl methyl sites for hydroxylation is 2. The molecule has 2 aromatic rings. The van der Waals surface area contributed by atoms with Crippen molar-refractivity contribution in [1.82, 2.24) is 4.98 Å². The molecule has 2 N–H and O–H groups in total. The Morgan fingerprint density at radius 2 is 1.86 bits per heavy atom. The number of unbranched alkanes of at least 4 members (excludes halogenated alkanes) is 1. The first-order valence-corrected chi connectivity index (χ1v) is 22.3. The minimum atomic E-state index is -0.971. The summed E-state index contributed by atoms with van der Waals surface area (Å²) in [5.41, 5.74) is 5.41. The van der Waals surface area contributed by atoms with Gasteiger partial charge in [-0.15, -0.1) is 0 Å². The van der Waals surface area contributed by atoms with Gasteiger partial charge in [-0.2, -0.15) is 48.8 Å². The number of pyridine rings is 1. The zero-order valence-electron chi connectivity index (χ0n) is 32.0. The van der Waals surface area contributed by atoms with Crippen LogP contribution in [0.15, 0.2) is 49.1 Å². The predicted octanol–water partition coefficient (Wildman–Crippen LogP) is 10.9. The number of aromatic nitrogens is 1. The van der Waals surface area contributed by atoms with Crippen molar-refractivity contribution in [1.29, 1.82) is 0 Å². The molecule has 1 aromatic carbocycles. The molecule has 0 radical (unpaired) electrons. The topological polar surface area (TPSA) is 80.7 Å². The fourth-order valence-electron chi connectivity index (χ4n) is 5.61. The van der Waals surface area contributed by atoms with E-state index in [0.717, 1.165) is 54.6 Å². The lowest BCUT2D eigenvalue weighted by atomic mass is 9.92. The highest BCUT2D eigenvalue weighted by Gasteiger charge is 2.24. The number of hydrogen-bond acceptors (Lipinski definition) is 9. The molecule has 3 unspecified atom stereocenters. The minimum absolute atomic E-state index is 0.0378. The Morgan fingerprint density at radius 1 is 1.14 bits per heavy atom. The van der Waals surface area contributed by atoms with Crippen LogP contribution in [0.4, 0.5) is 5.82 Å². The second kappa shape index (κ2) is 31.0. The van der Waals surface area contributed by atoms with E-state index in [9.17, 15) is 9.90 Å². The fraction of sp³-hybridized carbons (Fsp3) is 0.600. The Kier molecular flexibility index (Phi) is 30.0. The van der Waals surface area contributed by atoms with E-state index in [1.165, 1.54) is 61.9 Å². The van der Waals surface area contributed by atoms with Crippen molar-refractivity contribution in [3.05, 3.63) is 77.0 Å². The summed E-state index contributed by atoms with van der Waals surface area (Å²) in [7, 11) is 0. The molecule has 0 bridgehead atoms. The number of thioether (sulfide) groups is 2. The van der Waals surface area contributed by atoms with Gasteiger partial charge >= 0.3 is 5.97 Å². The van der Waals surface area contributed by atoms with Crippen molar-refractivity contribution < 1.29 is 19.4 Å². The third kappa shape index (κ3) is 18.3. The SMILES string of the molecule is C=C/C=C(/C(=O)O)c1cccc(COCC)c1C(S)CC.CC.CS.CSC.CSC1CCC(OCCCCc2ccc3c(n2)NCCC3)C1. The maximum absolute atomic E-state index is 11.5. The van der Waals surface area contributed by atoms with Gasteiger partial charge in [0.1, 0.15) is 5.82 Å². The number of nitrogens with zero attached hydrogens (tertiary/aromatic N) is 1. The van der Waals surface area contributed by atoms with Gasteiger partial charge in [0, 0.05) is 36.0 Å². The Morgan fingerprint density at radius 3 is 2.46 bits per heavy atom. The number of thiol groups is 2. The minimum Gasteiger partial charge on any atom is -0.478 e. The van der Waals surface area contributed by atoms with Gasteiger partial charge in [-0.1, -0.05) is 57.7 Å². The number of ether oxygens (including phenoxy) is 2. The molecule has 50 heavy (non-hydrogen) atoms. The number of carboxylic acid groups (broad SMARTS) is 1. The van der Waals surface area contributed by atoms with E-state index in [-0.39, 0.29) is 10.8 Å². The summed E-state index contributed by atoms with van der Waals surface area (Å²) in [5, 5.41) is 13.6. The van der Waals surface area contributed by atoms with Crippen molar-refractivity contribution in [2.24, 2.45) is 0 Å². The summed E-state index contributed by atoms with van der Waals surface area (Å²) in [6.07, 6.45) is 21.9. The van der Waals surface area contributed by atoms with Crippen LogP contribution in [0.2, 0.25) is 0 Å². The maximum Gasteiger partial charge on any atom is 0.336 e. The first-order chi connectivity index (χ1) is 24.3. The summed E-state index contributed by atoms with van der Waals surface area (Å²) in [4.78, 5) is 16.3. The van der Waals surface area contributed by atoms with Gasteiger partial charge < -0.3 is 19.9 Å². The van der Waals surface area contributed by atoms with Gasteiger partial charge in [0.2, 0.25) is 0 Å². The lowest BCUT2D eigenvalue weighted by molar-refractivity contribution is -0.130. The summed E-state index contributed by atoms with van der Waals surface area (Å²) < 4.78 is 11.5. The highest BCUT2D eigenvalue weighted by molar-refractivity contribution is 7.99. The van der Waals surface area contributed by atoms with Crippen molar-refractivity contribution in [3.63, 3.8) is 0 Å². The number of fused-ring (bicyclic) bond motifs is 1. The second-order valence-electron chi connectivity index (χ2n) is 11.4. The van der Waals surface area contributed by atoms with Gasteiger partial charge in [-0.3, -0.25) is 0 Å². The molecule has 0 saturated heterocycles. The van der Waals surface area contributed by atoms with E-state index in [1.54, 1.807) is 18.0 Å². The summed E-state index contributed by atoms with van der Waals surface area (Å²) >= 11 is 11.9.